The Morgan fingerprint density at radius 3 is 2.55 bits per heavy atom. The van der Waals surface area contributed by atoms with Crippen molar-refractivity contribution in [2.24, 2.45) is 0 Å². The van der Waals surface area contributed by atoms with Gasteiger partial charge in [-0.05, 0) is 40.5 Å². The number of carbonyl (C=O) groups excluding carboxylic acids is 3. The number of alkyl halides is 1. The molecular formula is C14H26BrN3O4. The molecule has 0 aliphatic rings. The van der Waals surface area contributed by atoms with Crippen LogP contribution in [0.1, 0.15) is 47.3 Å². The van der Waals surface area contributed by atoms with Crippen molar-refractivity contribution >= 4 is 33.8 Å². The summed E-state index contributed by atoms with van der Waals surface area (Å²) in [6, 6.07) is -1.24. The number of halogens is 1. The van der Waals surface area contributed by atoms with E-state index >= 15 is 0 Å². The molecule has 1 atom stereocenters. The van der Waals surface area contributed by atoms with Crippen LogP contribution in [0.4, 0.5) is 4.79 Å². The fourth-order valence-electron chi connectivity index (χ4n) is 1.45. The second kappa shape index (κ2) is 10.4. The van der Waals surface area contributed by atoms with E-state index in [1.807, 2.05) is 0 Å². The number of hydrogen-bond acceptors (Lipinski definition) is 4. The van der Waals surface area contributed by atoms with Crippen LogP contribution in [0.3, 0.4) is 0 Å². The maximum Gasteiger partial charge on any atom is 0.408 e. The van der Waals surface area contributed by atoms with Gasteiger partial charge in [-0.2, -0.15) is 0 Å². The number of amides is 3. The lowest BCUT2D eigenvalue weighted by Gasteiger charge is -2.23. The molecule has 3 amide bonds. The Morgan fingerprint density at radius 2 is 2.00 bits per heavy atom. The number of carbonyl (C=O) groups is 3. The Labute approximate surface area is 147 Å². The molecule has 0 fully saturated rings. The lowest BCUT2D eigenvalue weighted by molar-refractivity contribution is -0.123. The van der Waals surface area contributed by atoms with Gasteiger partial charge in [0.1, 0.15) is 11.6 Å². The highest BCUT2D eigenvalue weighted by molar-refractivity contribution is 9.09. The quantitative estimate of drug-likeness (QED) is 0.434. The molecule has 0 aliphatic heterocycles. The highest BCUT2D eigenvalue weighted by Gasteiger charge is 2.23. The molecule has 0 spiro atoms. The maximum absolute atomic E-state index is 12.3. The van der Waals surface area contributed by atoms with Gasteiger partial charge in [-0.25, -0.2) is 4.79 Å². The van der Waals surface area contributed by atoms with E-state index in [0.29, 0.717) is 0 Å². The molecule has 7 nitrogen and oxygen atoms in total. The summed E-state index contributed by atoms with van der Waals surface area (Å²) in [5.74, 6) is -1.26. The first-order valence-electron chi connectivity index (χ1n) is 9.23. The van der Waals surface area contributed by atoms with Gasteiger partial charge < -0.3 is 20.7 Å². The first-order valence-corrected chi connectivity index (χ1v) is 7.85. The highest BCUT2D eigenvalue weighted by Crippen LogP contribution is 2.07. The van der Waals surface area contributed by atoms with Crippen molar-refractivity contribution in [2.75, 3.05) is 18.4 Å². The molecule has 22 heavy (non-hydrogen) atoms. The van der Waals surface area contributed by atoms with Crippen LogP contribution in [0.25, 0.3) is 0 Å². The first kappa shape index (κ1) is 13.2. The fourth-order valence-corrected chi connectivity index (χ4v) is 1.65. The minimum Gasteiger partial charge on any atom is -0.444 e. The summed E-state index contributed by atoms with van der Waals surface area (Å²) in [6.45, 7) is -0.943. The Kier molecular flexibility index (Phi) is 6.23. The molecule has 0 aromatic heterocycles. The predicted octanol–water partition coefficient (Wildman–Crippen LogP) is 1.31. The average Bonchev–Trinajstić information content (AvgIpc) is 2.46. The third-order valence-corrected chi connectivity index (χ3v) is 2.82. The average molecular weight is 385 g/mol. The molecule has 0 saturated carbocycles. The number of ether oxygens (including phenoxy) is 1. The zero-order valence-electron chi connectivity index (χ0n) is 17.9. The molecular weight excluding hydrogens is 354 g/mol. The molecule has 0 aliphatic carbocycles. The number of nitrogens with one attached hydrogen (secondary N) is 3. The van der Waals surface area contributed by atoms with Crippen molar-refractivity contribution in [3.05, 3.63) is 0 Å². The SMILES string of the molecule is [2H]C([2H])([2H])C([2H])([2H])NC(=O)[C@H](CCCNC(=O)CBr)NC(=O)OC(C)(C)C. The molecule has 0 aromatic carbocycles. The maximum atomic E-state index is 12.3. The van der Waals surface area contributed by atoms with E-state index in [4.69, 9.17) is 11.6 Å². The van der Waals surface area contributed by atoms with Crippen molar-refractivity contribution in [2.45, 2.75) is 52.1 Å². The van der Waals surface area contributed by atoms with Gasteiger partial charge in [-0.3, -0.25) is 9.59 Å². The van der Waals surface area contributed by atoms with Gasteiger partial charge in [0.15, 0.2) is 0 Å². The van der Waals surface area contributed by atoms with E-state index < -0.39 is 37.0 Å². The van der Waals surface area contributed by atoms with Crippen LogP contribution in [0.15, 0.2) is 0 Å². The molecule has 3 N–H and O–H groups in total. The lowest BCUT2D eigenvalue weighted by atomic mass is 10.1. The van der Waals surface area contributed by atoms with E-state index in [0.717, 1.165) is 0 Å². The first-order chi connectivity index (χ1) is 12.1. The largest absolute Gasteiger partial charge is 0.444 e. The predicted molar refractivity (Wildman–Crippen MR) is 87.9 cm³/mol. The summed E-state index contributed by atoms with van der Waals surface area (Å²) < 4.78 is 41.5. The lowest BCUT2D eigenvalue weighted by Crippen LogP contribution is -2.48. The molecule has 0 heterocycles. The van der Waals surface area contributed by atoms with E-state index in [2.05, 4.69) is 26.6 Å². The van der Waals surface area contributed by atoms with Gasteiger partial charge in [0.05, 0.1) is 5.33 Å². The van der Waals surface area contributed by atoms with Crippen molar-refractivity contribution in [1.82, 2.24) is 16.0 Å². The zero-order valence-corrected chi connectivity index (χ0v) is 14.5. The van der Waals surface area contributed by atoms with Gasteiger partial charge in [-0.1, -0.05) is 15.9 Å². The Bertz CT molecular complexity index is 538. The Hall–Kier alpha value is -1.31. The second-order valence-corrected chi connectivity index (χ2v) is 6.00. The normalized spacial score (nSPS) is 16.8. The summed E-state index contributed by atoms with van der Waals surface area (Å²) in [6.07, 6.45) is -0.588. The number of likely N-dealkylation sites (N-methyl/N-ethyl adjacent to an activating group) is 1. The smallest absolute Gasteiger partial charge is 0.408 e. The summed E-state index contributed by atoms with van der Waals surface area (Å²) in [4.78, 5) is 35.4. The van der Waals surface area contributed by atoms with Crippen LogP contribution in [-0.2, 0) is 14.3 Å². The number of hydrogen-bond donors (Lipinski definition) is 3. The molecule has 8 heteroatoms. The van der Waals surface area contributed by atoms with Crippen LogP contribution < -0.4 is 16.0 Å². The molecule has 0 rings (SSSR count). The van der Waals surface area contributed by atoms with E-state index in [1.165, 1.54) is 0 Å². The minimum absolute atomic E-state index is 0.0325. The molecule has 128 valence electrons. The van der Waals surface area contributed by atoms with E-state index in [9.17, 15) is 14.4 Å². The zero-order chi connectivity index (χ0) is 21.5. The van der Waals surface area contributed by atoms with Gasteiger partial charge >= 0.3 is 6.09 Å². The van der Waals surface area contributed by atoms with Gasteiger partial charge in [0.25, 0.3) is 0 Å². The molecule has 0 bridgehead atoms. The molecule has 0 saturated heterocycles. The van der Waals surface area contributed by atoms with Crippen molar-refractivity contribution < 1.29 is 26.0 Å². The van der Waals surface area contributed by atoms with Gasteiger partial charge in [0.2, 0.25) is 11.8 Å². The molecule has 0 unspecified atom stereocenters. The molecule has 0 aromatic rings. The third-order valence-electron chi connectivity index (χ3n) is 2.31. The van der Waals surface area contributed by atoms with Crippen molar-refractivity contribution in [1.29, 1.82) is 0 Å². The van der Waals surface area contributed by atoms with E-state index in [1.54, 1.807) is 26.1 Å². The third kappa shape index (κ3) is 10.4. The Morgan fingerprint density at radius 1 is 1.32 bits per heavy atom. The van der Waals surface area contributed by atoms with Crippen LogP contribution in [0.5, 0.6) is 0 Å². The van der Waals surface area contributed by atoms with Crippen LogP contribution >= 0.6 is 15.9 Å². The summed E-state index contributed by atoms with van der Waals surface area (Å²) >= 11 is 2.99. The fraction of sp³-hybridized carbons (Fsp3) is 0.786. The minimum atomic E-state index is -3.08. The van der Waals surface area contributed by atoms with Crippen molar-refractivity contribution in [3.8, 4) is 0 Å². The highest BCUT2D eigenvalue weighted by atomic mass is 79.9. The van der Waals surface area contributed by atoms with E-state index in [-0.39, 0.29) is 30.6 Å². The number of rotatable bonds is 8. The monoisotopic (exact) mass is 384 g/mol. The summed E-state index contributed by atoms with van der Waals surface area (Å²) in [5.41, 5.74) is -0.817. The van der Waals surface area contributed by atoms with Crippen LogP contribution in [0, 0.1) is 0 Å². The molecule has 0 radical (unpaired) electrons. The second-order valence-electron chi connectivity index (χ2n) is 5.44. The Balaban J connectivity index is 5.02. The van der Waals surface area contributed by atoms with Gasteiger partial charge in [0, 0.05) is 19.9 Å². The summed E-state index contributed by atoms with van der Waals surface area (Å²) in [7, 11) is 0. The van der Waals surface area contributed by atoms with Crippen LogP contribution in [-0.4, -0.2) is 47.9 Å². The number of alkyl carbamates (subject to hydrolysis) is 1. The van der Waals surface area contributed by atoms with Crippen molar-refractivity contribution in [3.63, 3.8) is 0 Å². The summed E-state index contributed by atoms with van der Waals surface area (Å²) in [5, 5.41) is 6.78. The van der Waals surface area contributed by atoms with Crippen LogP contribution in [0.2, 0.25) is 0 Å². The standard InChI is InChI=1S/C14H26BrN3O4/c1-5-16-12(20)10(7-6-8-17-11(19)9-15)18-13(21)22-14(2,3)4/h10H,5-9H2,1-4H3,(H,16,20)(H,17,19)(H,18,21)/t10-/m0/s1/i1D3,5D2. The topological polar surface area (TPSA) is 96.5 Å². The van der Waals surface area contributed by atoms with Gasteiger partial charge in [-0.15, -0.1) is 0 Å².